The molecule has 14 heavy (non-hydrogen) atoms. The molecule has 1 aromatic rings. The van der Waals surface area contributed by atoms with Crippen molar-refractivity contribution in [3.63, 3.8) is 0 Å². The number of thioether (sulfide) groups is 1. The molecule has 0 saturated carbocycles. The van der Waals surface area contributed by atoms with Gasteiger partial charge in [-0.25, -0.2) is 0 Å². The predicted molar refractivity (Wildman–Crippen MR) is 44.2 cm³/mol. The van der Waals surface area contributed by atoms with E-state index in [1.54, 1.807) is 6.26 Å². The van der Waals surface area contributed by atoms with Crippen molar-refractivity contribution in [3.8, 4) is 11.9 Å². The van der Waals surface area contributed by atoms with Crippen LogP contribution >= 0.6 is 11.8 Å². The van der Waals surface area contributed by atoms with Gasteiger partial charge in [0.15, 0.2) is 0 Å². The molecule has 0 aliphatic rings. The quantitative estimate of drug-likeness (QED) is 0.376. The summed E-state index contributed by atoms with van der Waals surface area (Å²) in [5.74, 6) is -0.493. The summed E-state index contributed by atoms with van der Waals surface area (Å²) in [6.45, 7) is 0. The van der Waals surface area contributed by atoms with Gasteiger partial charge in [0, 0.05) is 17.0 Å². The van der Waals surface area contributed by atoms with Crippen LogP contribution in [-0.4, -0.2) is 62.3 Å². The average molecular weight is 276 g/mol. The number of halogens is 2. The first-order valence-electron chi connectivity index (χ1n) is 2.49. The first-order valence-corrected chi connectivity index (χ1v) is 3.71. The van der Waals surface area contributed by atoms with Crippen molar-refractivity contribution in [3.05, 3.63) is 6.20 Å². The van der Waals surface area contributed by atoms with Gasteiger partial charge in [-0.15, -0.1) is 11.8 Å². The maximum atomic E-state index is 10.7. The number of hydrogen-bond acceptors (Lipinski definition) is 5. The van der Waals surface area contributed by atoms with Crippen LogP contribution in [-0.2, 0) is 0 Å². The van der Waals surface area contributed by atoms with E-state index in [0.29, 0.717) is 4.90 Å². The van der Waals surface area contributed by atoms with Crippen molar-refractivity contribution in [2.75, 3.05) is 6.26 Å². The van der Waals surface area contributed by atoms with Gasteiger partial charge in [-0.3, -0.25) is 9.97 Å². The van der Waals surface area contributed by atoms with E-state index in [4.69, 9.17) is 0 Å². The van der Waals surface area contributed by atoms with Crippen LogP contribution in [0, 0.1) is 0 Å². The van der Waals surface area contributed by atoms with Crippen molar-refractivity contribution < 1.29 is 35.0 Å². The maximum absolute atomic E-state index is 10.7. The molecule has 9 heteroatoms. The fourth-order valence-electron chi connectivity index (χ4n) is 0.480. The van der Waals surface area contributed by atoms with Crippen LogP contribution in [0.25, 0.3) is 0 Å². The Balaban J connectivity index is -0.000000125. The van der Waals surface area contributed by atoms with E-state index in [-0.39, 0.29) is 70.9 Å². The monoisotopic (exact) mass is 274 g/mol. The molecule has 1 aromatic heterocycles. The summed E-state index contributed by atoms with van der Waals surface area (Å²) in [7, 11) is 0. The van der Waals surface area contributed by atoms with Gasteiger partial charge in [0.2, 0.25) is 0 Å². The summed E-state index contributed by atoms with van der Waals surface area (Å²) < 4.78 is 0. The zero-order valence-electron chi connectivity index (χ0n) is 7.37. The van der Waals surface area contributed by atoms with E-state index in [1.807, 2.05) is 0 Å². The Morgan fingerprint density at radius 2 is 1.71 bits per heavy atom. The normalized spacial score (nSPS) is 6.93. The van der Waals surface area contributed by atoms with E-state index in [9.17, 15) is 10.2 Å². The Morgan fingerprint density at radius 1 is 1.21 bits per heavy atom. The van der Waals surface area contributed by atoms with Crippen LogP contribution in [0.15, 0.2) is 11.1 Å². The van der Waals surface area contributed by atoms with Gasteiger partial charge in [0.25, 0.3) is 0 Å². The summed E-state index contributed by atoms with van der Waals surface area (Å²) in [6.07, 6.45) is 2.97. The molecular formula is C5H4Cl2Mg2N2O2S. The molecule has 4 nitrogen and oxygen atoms in total. The Labute approximate surface area is 131 Å². The van der Waals surface area contributed by atoms with E-state index in [0.717, 1.165) is 0 Å². The largest absolute Gasteiger partial charge is 2.00 e. The molecule has 0 aliphatic heterocycles. The van der Waals surface area contributed by atoms with Gasteiger partial charge in [-0.05, 0) is 6.26 Å². The molecule has 0 unspecified atom stereocenters. The number of rotatable bonds is 1. The first kappa shape index (κ1) is 24.4. The fraction of sp³-hybridized carbons (Fsp3) is 0.200. The molecule has 0 bridgehead atoms. The molecule has 1 heterocycles. The van der Waals surface area contributed by atoms with Crippen molar-refractivity contribution in [1.29, 1.82) is 0 Å². The van der Waals surface area contributed by atoms with Gasteiger partial charge in [0.1, 0.15) is 0 Å². The molecule has 0 saturated heterocycles. The topological polar surface area (TPSA) is 71.9 Å². The number of hydrogen-bond donors (Lipinski definition) is 0. The summed E-state index contributed by atoms with van der Waals surface area (Å²) >= 11 is 1.23. The molecule has 0 radical (unpaired) electrons. The third-order valence-corrected chi connectivity index (χ3v) is 1.64. The molecule has 0 N–H and O–H groups in total. The minimum absolute atomic E-state index is 0. The summed E-state index contributed by atoms with van der Waals surface area (Å²) in [6, 6.07) is -0.720. The summed E-state index contributed by atoms with van der Waals surface area (Å²) in [4.78, 5) is 6.83. The molecule has 0 atom stereocenters. The molecule has 0 fully saturated rings. The third kappa shape index (κ3) is 7.44. The SMILES string of the molecule is CSc1cnc([O-])nc1[O-].[Cl-].[Cl-].[Mg+2].[Mg+2]. The van der Waals surface area contributed by atoms with Crippen LogP contribution in [0.1, 0.15) is 0 Å². The first-order chi connectivity index (χ1) is 4.74. The van der Waals surface area contributed by atoms with Gasteiger partial charge in [0.05, 0.1) is 6.01 Å². The van der Waals surface area contributed by atoms with Crippen LogP contribution in [0.3, 0.4) is 0 Å². The molecule has 0 amide bonds. The fourth-order valence-corrected chi connectivity index (χ4v) is 0.858. The van der Waals surface area contributed by atoms with E-state index >= 15 is 0 Å². The second-order valence-corrected chi connectivity index (χ2v) is 2.37. The van der Waals surface area contributed by atoms with Gasteiger partial charge >= 0.3 is 46.1 Å². The van der Waals surface area contributed by atoms with Crippen LogP contribution in [0.4, 0.5) is 0 Å². The predicted octanol–water partition coefficient (Wildman–Crippen LogP) is -7.41. The maximum Gasteiger partial charge on any atom is 2.00 e. The van der Waals surface area contributed by atoms with Crippen molar-refractivity contribution in [2.45, 2.75) is 4.90 Å². The van der Waals surface area contributed by atoms with Gasteiger partial charge in [-0.1, -0.05) is 0 Å². The number of nitrogens with zero attached hydrogens (tertiary/aromatic N) is 2. The smallest absolute Gasteiger partial charge is 1.00 e. The average Bonchev–Trinajstić information content (AvgIpc) is 1.88. The second kappa shape index (κ2) is 12.2. The summed E-state index contributed by atoms with van der Waals surface area (Å²) in [5.41, 5.74) is 0. The van der Waals surface area contributed by atoms with Gasteiger partial charge < -0.3 is 35.0 Å². The third-order valence-electron chi connectivity index (χ3n) is 0.920. The summed E-state index contributed by atoms with van der Waals surface area (Å²) in [5, 5.41) is 21.0. The molecule has 1 rings (SSSR count). The van der Waals surface area contributed by atoms with Gasteiger partial charge in [-0.2, -0.15) is 0 Å². The number of aromatic nitrogens is 2. The molecule has 0 aliphatic carbocycles. The van der Waals surface area contributed by atoms with E-state index in [1.165, 1.54) is 18.0 Å². The molecule has 70 valence electrons. The van der Waals surface area contributed by atoms with Crippen LogP contribution < -0.4 is 35.0 Å². The molecular weight excluding hydrogens is 272 g/mol. The Bertz CT molecular complexity index is 257. The Kier molecular flexibility index (Phi) is 21.3. The van der Waals surface area contributed by atoms with E-state index in [2.05, 4.69) is 9.97 Å². The zero-order valence-corrected chi connectivity index (χ0v) is 12.5. The van der Waals surface area contributed by atoms with Crippen molar-refractivity contribution >= 4 is 57.9 Å². The van der Waals surface area contributed by atoms with Crippen molar-refractivity contribution in [2.24, 2.45) is 0 Å². The van der Waals surface area contributed by atoms with Crippen LogP contribution in [0.5, 0.6) is 11.9 Å². The second-order valence-electron chi connectivity index (χ2n) is 1.53. The molecule has 0 aromatic carbocycles. The Morgan fingerprint density at radius 3 is 2.07 bits per heavy atom. The Hall–Kier alpha value is 1.14. The standard InChI is InChI=1S/C5H6N2O2S.2ClH.2Mg/c1-10-3-2-6-5(9)7-4(3)8;;;;/h2H,1H3,(H2,6,7,8,9);2*1H;;/q;;;2*+2/p-4. The van der Waals surface area contributed by atoms with Crippen molar-refractivity contribution in [1.82, 2.24) is 9.97 Å². The van der Waals surface area contributed by atoms with E-state index < -0.39 is 11.9 Å². The zero-order chi connectivity index (χ0) is 7.56. The van der Waals surface area contributed by atoms with Crippen LogP contribution in [0.2, 0.25) is 0 Å². The minimum Gasteiger partial charge on any atom is -1.00 e. The molecule has 0 spiro atoms. The minimum atomic E-state index is -0.720.